The van der Waals surface area contributed by atoms with Gasteiger partial charge in [-0.25, -0.2) is 0 Å². The van der Waals surface area contributed by atoms with Crippen LogP contribution >= 0.6 is 11.6 Å². The second-order valence-corrected chi connectivity index (χ2v) is 7.31. The van der Waals surface area contributed by atoms with Gasteiger partial charge in [-0.05, 0) is 42.9 Å². The molecule has 0 radical (unpaired) electrons. The third-order valence-electron chi connectivity index (χ3n) is 5.33. The molecule has 1 N–H and O–H groups in total. The van der Waals surface area contributed by atoms with E-state index in [-0.39, 0.29) is 23.4 Å². The molecule has 1 heterocycles. The first-order chi connectivity index (χ1) is 13.9. The smallest absolute Gasteiger partial charge is 0.261 e. The molecule has 6 nitrogen and oxygen atoms in total. The van der Waals surface area contributed by atoms with Crippen LogP contribution in [0.25, 0.3) is 0 Å². The van der Waals surface area contributed by atoms with Gasteiger partial charge in [-0.2, -0.15) is 0 Å². The van der Waals surface area contributed by atoms with Gasteiger partial charge < -0.3 is 5.32 Å². The van der Waals surface area contributed by atoms with Gasteiger partial charge in [0.1, 0.15) is 0 Å². The third kappa shape index (κ3) is 4.04. The summed E-state index contributed by atoms with van der Waals surface area (Å²) in [6.07, 6.45) is 0. The Morgan fingerprint density at radius 3 is 2.38 bits per heavy atom. The lowest BCUT2D eigenvalue weighted by molar-refractivity contribution is 0.0693. The Morgan fingerprint density at radius 1 is 1.07 bits per heavy atom. The summed E-state index contributed by atoms with van der Waals surface area (Å²) in [7, 11) is 1.43. The maximum absolute atomic E-state index is 12.8. The number of imide groups is 1. The first-order valence-corrected chi connectivity index (χ1v) is 9.99. The van der Waals surface area contributed by atoms with Crippen LogP contribution in [0.4, 0.5) is 0 Å². The largest absolute Gasteiger partial charge is 0.350 e. The zero-order valence-electron chi connectivity index (χ0n) is 16.7. The fraction of sp³-hybridized carbons (Fsp3) is 0.318. The van der Waals surface area contributed by atoms with E-state index in [1.807, 2.05) is 24.3 Å². The quantitative estimate of drug-likeness (QED) is 0.706. The van der Waals surface area contributed by atoms with E-state index in [2.05, 4.69) is 24.1 Å². The van der Waals surface area contributed by atoms with Crippen molar-refractivity contribution in [2.24, 2.45) is 0 Å². The van der Waals surface area contributed by atoms with Gasteiger partial charge >= 0.3 is 0 Å². The molecule has 152 valence electrons. The Labute approximate surface area is 175 Å². The topological polar surface area (TPSA) is 69.7 Å². The molecular formula is C22H24ClN3O3. The molecule has 0 unspecified atom stereocenters. The second-order valence-electron chi connectivity index (χ2n) is 6.90. The standard InChI is InChI=1S/C22H24ClN3O3/c1-4-26(5-2)19(16-8-6-7-9-18(16)23)13-24-20(27)14-10-11-15-17(12-14)22(29)25(3)21(15)28/h6-12,19H,4-5,13H2,1-3H3,(H,24,27)/t19-/m1/s1. The van der Waals surface area contributed by atoms with Crippen LogP contribution < -0.4 is 5.32 Å². The Kier molecular flexibility index (Phi) is 6.35. The Bertz CT molecular complexity index is 956. The highest BCUT2D eigenvalue weighted by Gasteiger charge is 2.33. The zero-order chi connectivity index (χ0) is 21.1. The van der Waals surface area contributed by atoms with Crippen molar-refractivity contribution in [1.29, 1.82) is 0 Å². The summed E-state index contributed by atoms with van der Waals surface area (Å²) >= 11 is 6.40. The molecule has 2 aromatic rings. The Balaban J connectivity index is 1.80. The fourth-order valence-corrected chi connectivity index (χ4v) is 3.90. The van der Waals surface area contributed by atoms with Gasteiger partial charge in [0, 0.05) is 24.2 Å². The number of rotatable bonds is 7. The number of benzene rings is 2. The van der Waals surface area contributed by atoms with Crippen LogP contribution in [-0.2, 0) is 0 Å². The molecule has 0 fully saturated rings. The molecule has 2 aromatic carbocycles. The van der Waals surface area contributed by atoms with Crippen LogP contribution in [-0.4, -0.2) is 54.2 Å². The van der Waals surface area contributed by atoms with Crippen LogP contribution in [0.1, 0.15) is 56.5 Å². The molecule has 1 aliphatic heterocycles. The number of likely N-dealkylation sites (N-methyl/N-ethyl adjacent to an activating group) is 1. The summed E-state index contributed by atoms with van der Waals surface area (Å²) in [5.41, 5.74) is 1.88. The van der Waals surface area contributed by atoms with Gasteiger partial charge in [0.25, 0.3) is 17.7 Å². The van der Waals surface area contributed by atoms with E-state index in [9.17, 15) is 14.4 Å². The van der Waals surface area contributed by atoms with Crippen LogP contribution in [0.5, 0.6) is 0 Å². The Morgan fingerprint density at radius 2 is 1.72 bits per heavy atom. The molecule has 0 saturated heterocycles. The van der Waals surface area contributed by atoms with Crippen molar-refractivity contribution in [2.75, 3.05) is 26.7 Å². The lowest BCUT2D eigenvalue weighted by atomic mass is 10.0. The van der Waals surface area contributed by atoms with Crippen LogP contribution in [0.3, 0.4) is 0 Å². The molecule has 1 atom stereocenters. The average Bonchev–Trinajstić information content (AvgIpc) is 2.95. The highest BCUT2D eigenvalue weighted by atomic mass is 35.5. The van der Waals surface area contributed by atoms with E-state index in [4.69, 9.17) is 11.6 Å². The molecule has 29 heavy (non-hydrogen) atoms. The van der Waals surface area contributed by atoms with Crippen molar-refractivity contribution >= 4 is 29.3 Å². The second kappa shape index (κ2) is 8.76. The van der Waals surface area contributed by atoms with Gasteiger partial charge in [0.15, 0.2) is 0 Å². The van der Waals surface area contributed by atoms with Gasteiger partial charge in [-0.15, -0.1) is 0 Å². The van der Waals surface area contributed by atoms with Crippen molar-refractivity contribution in [1.82, 2.24) is 15.1 Å². The molecule has 0 saturated carbocycles. The number of halogens is 1. The number of nitrogens with one attached hydrogen (secondary N) is 1. The summed E-state index contributed by atoms with van der Waals surface area (Å²) < 4.78 is 0. The number of amides is 3. The number of fused-ring (bicyclic) bond motifs is 1. The summed E-state index contributed by atoms with van der Waals surface area (Å²) in [5.74, 6) is -1.04. The fourth-order valence-electron chi connectivity index (χ4n) is 3.64. The molecule has 7 heteroatoms. The molecule has 0 aromatic heterocycles. The average molecular weight is 414 g/mol. The van der Waals surface area contributed by atoms with Gasteiger partial charge in [0.2, 0.25) is 0 Å². The van der Waals surface area contributed by atoms with E-state index in [0.717, 1.165) is 23.6 Å². The van der Waals surface area contributed by atoms with Crippen molar-refractivity contribution in [2.45, 2.75) is 19.9 Å². The molecule has 1 aliphatic rings. The summed E-state index contributed by atoms with van der Waals surface area (Å²) in [4.78, 5) is 40.2. The van der Waals surface area contributed by atoms with E-state index < -0.39 is 5.91 Å². The summed E-state index contributed by atoms with van der Waals surface area (Å²) in [6, 6.07) is 12.1. The first kappa shape index (κ1) is 21.0. The summed E-state index contributed by atoms with van der Waals surface area (Å²) in [6.45, 7) is 6.12. The van der Waals surface area contributed by atoms with Crippen LogP contribution in [0.15, 0.2) is 42.5 Å². The van der Waals surface area contributed by atoms with E-state index in [1.54, 1.807) is 6.07 Å². The number of hydrogen-bond donors (Lipinski definition) is 1. The lowest BCUT2D eigenvalue weighted by Crippen LogP contribution is -2.38. The van der Waals surface area contributed by atoms with Crippen LogP contribution in [0.2, 0.25) is 5.02 Å². The highest BCUT2D eigenvalue weighted by Crippen LogP contribution is 2.27. The van der Waals surface area contributed by atoms with Gasteiger partial charge in [-0.1, -0.05) is 43.6 Å². The summed E-state index contributed by atoms with van der Waals surface area (Å²) in [5, 5.41) is 3.61. The first-order valence-electron chi connectivity index (χ1n) is 9.62. The molecule has 0 spiro atoms. The zero-order valence-corrected chi connectivity index (χ0v) is 17.5. The maximum atomic E-state index is 12.8. The third-order valence-corrected chi connectivity index (χ3v) is 5.67. The minimum absolute atomic E-state index is 0.0774. The predicted molar refractivity (Wildman–Crippen MR) is 112 cm³/mol. The van der Waals surface area contributed by atoms with E-state index in [0.29, 0.717) is 22.7 Å². The van der Waals surface area contributed by atoms with E-state index in [1.165, 1.54) is 19.2 Å². The number of nitrogens with zero attached hydrogens (tertiary/aromatic N) is 2. The van der Waals surface area contributed by atoms with E-state index >= 15 is 0 Å². The van der Waals surface area contributed by atoms with Crippen LogP contribution in [0, 0.1) is 0 Å². The van der Waals surface area contributed by atoms with Gasteiger partial charge in [-0.3, -0.25) is 24.2 Å². The lowest BCUT2D eigenvalue weighted by Gasteiger charge is -2.31. The minimum Gasteiger partial charge on any atom is -0.350 e. The minimum atomic E-state index is -0.392. The van der Waals surface area contributed by atoms with Crippen molar-refractivity contribution < 1.29 is 14.4 Å². The molecule has 3 amide bonds. The Hall–Kier alpha value is -2.70. The molecular weight excluding hydrogens is 390 g/mol. The highest BCUT2D eigenvalue weighted by molar-refractivity contribution is 6.31. The van der Waals surface area contributed by atoms with Crippen molar-refractivity contribution in [3.05, 3.63) is 69.7 Å². The van der Waals surface area contributed by atoms with Gasteiger partial charge in [0.05, 0.1) is 17.2 Å². The number of carbonyl (C=O) groups is 3. The molecule has 3 rings (SSSR count). The normalized spacial score (nSPS) is 14.3. The van der Waals surface area contributed by atoms with Crippen molar-refractivity contribution in [3.63, 3.8) is 0 Å². The predicted octanol–water partition coefficient (Wildman–Crippen LogP) is 3.38. The number of carbonyl (C=O) groups excluding carboxylic acids is 3. The molecule has 0 bridgehead atoms. The SMILES string of the molecule is CCN(CC)[C@H](CNC(=O)c1ccc2c(c1)C(=O)N(C)C2=O)c1ccccc1Cl. The van der Waals surface area contributed by atoms with Crippen molar-refractivity contribution in [3.8, 4) is 0 Å². The maximum Gasteiger partial charge on any atom is 0.261 e. The number of hydrogen-bond acceptors (Lipinski definition) is 4. The monoisotopic (exact) mass is 413 g/mol. The molecule has 0 aliphatic carbocycles.